The van der Waals surface area contributed by atoms with Gasteiger partial charge in [-0.15, -0.1) is 0 Å². The Bertz CT molecular complexity index is 1280. The van der Waals surface area contributed by atoms with Gasteiger partial charge in [0.2, 0.25) is 0 Å². The van der Waals surface area contributed by atoms with Gasteiger partial charge in [0, 0.05) is 30.6 Å². The number of aromatic nitrogens is 2. The summed E-state index contributed by atoms with van der Waals surface area (Å²) >= 11 is 0. The number of aliphatic carboxylic acids is 1. The van der Waals surface area contributed by atoms with Crippen molar-refractivity contribution in [3.63, 3.8) is 0 Å². The van der Waals surface area contributed by atoms with E-state index >= 15 is 0 Å². The van der Waals surface area contributed by atoms with Crippen molar-refractivity contribution in [2.24, 2.45) is 17.0 Å². The summed E-state index contributed by atoms with van der Waals surface area (Å²) < 4.78 is 1.93. The lowest BCUT2D eigenvalue weighted by molar-refractivity contribution is -0.136. The number of aliphatic hydroxyl groups excluding tert-OH is 1. The van der Waals surface area contributed by atoms with E-state index in [-0.39, 0.29) is 49.1 Å². The minimum atomic E-state index is -0.983. The number of carboxylic acid groups (broad SMARTS) is 1. The lowest BCUT2D eigenvalue weighted by atomic mass is 9.68. The molecule has 6 atom stereocenters. The number of carbonyl (C=O) groups is 1. The number of nitrogens with zero attached hydrogens (tertiary/aromatic N) is 4. The Labute approximate surface area is 235 Å². The first-order valence-electron chi connectivity index (χ1n) is 15.3. The smallest absolute Gasteiger partial charge is 0.303 e. The quantitative estimate of drug-likeness (QED) is 0.268. The molecule has 216 valence electrons. The van der Waals surface area contributed by atoms with Gasteiger partial charge in [0.1, 0.15) is 12.3 Å². The van der Waals surface area contributed by atoms with Crippen LogP contribution in [0.2, 0.25) is 0 Å². The third-order valence-corrected chi connectivity index (χ3v) is 9.90. The van der Waals surface area contributed by atoms with Crippen LogP contribution in [0.5, 0.6) is 0 Å². The molecule has 0 amide bonds. The lowest BCUT2D eigenvalue weighted by Crippen LogP contribution is -2.58. The molecular formula is C31H42N4O5. The summed E-state index contributed by atoms with van der Waals surface area (Å²) in [5, 5.41) is 22.5. The molecule has 1 aromatic carbocycles. The number of hydrogen-bond donors (Lipinski definition) is 2. The second-order valence-electron chi connectivity index (χ2n) is 12.4. The molecule has 2 aliphatic heterocycles. The summed E-state index contributed by atoms with van der Waals surface area (Å²) in [6.45, 7) is -0.266. The first-order valence-corrected chi connectivity index (χ1v) is 15.3. The van der Waals surface area contributed by atoms with Crippen molar-refractivity contribution in [1.82, 2.24) is 14.5 Å². The molecule has 4 bridgehead atoms. The van der Waals surface area contributed by atoms with Crippen LogP contribution in [-0.4, -0.2) is 67.7 Å². The first kappa shape index (κ1) is 27.4. The molecule has 2 aliphatic carbocycles. The van der Waals surface area contributed by atoms with Gasteiger partial charge in [-0.1, -0.05) is 43.0 Å². The predicted molar refractivity (Wildman–Crippen MR) is 152 cm³/mol. The zero-order valence-corrected chi connectivity index (χ0v) is 23.3. The molecule has 4 aliphatic rings. The Morgan fingerprint density at radius 1 is 0.925 bits per heavy atom. The Morgan fingerprint density at radius 3 is 2.33 bits per heavy atom. The van der Waals surface area contributed by atoms with E-state index in [0.29, 0.717) is 23.6 Å². The Hall–Kier alpha value is -2.78. The fraction of sp³-hybridized carbons (Fsp3) is 0.677. The van der Waals surface area contributed by atoms with E-state index in [4.69, 9.17) is 9.94 Å². The summed E-state index contributed by atoms with van der Waals surface area (Å²) in [5.41, 5.74) is 1.63. The van der Waals surface area contributed by atoms with Gasteiger partial charge >= 0.3 is 5.97 Å². The van der Waals surface area contributed by atoms with E-state index in [1.54, 1.807) is 0 Å². The highest BCUT2D eigenvalue weighted by Gasteiger charge is 2.45. The van der Waals surface area contributed by atoms with Crippen molar-refractivity contribution in [2.45, 2.75) is 108 Å². The van der Waals surface area contributed by atoms with E-state index in [1.807, 2.05) is 28.8 Å². The highest BCUT2D eigenvalue weighted by Crippen LogP contribution is 2.47. The van der Waals surface area contributed by atoms with Gasteiger partial charge in [-0.25, -0.2) is 4.98 Å². The number of benzene rings is 1. The molecular weight excluding hydrogens is 508 g/mol. The normalized spacial score (nSPS) is 30.8. The number of hydrogen-bond acceptors (Lipinski definition) is 7. The van der Waals surface area contributed by atoms with Gasteiger partial charge in [0.15, 0.2) is 5.69 Å². The number of aliphatic hydroxyl groups is 1. The van der Waals surface area contributed by atoms with Crippen LogP contribution < -0.4 is 5.56 Å². The molecule has 9 heteroatoms. The van der Waals surface area contributed by atoms with Gasteiger partial charge < -0.3 is 19.6 Å². The number of oxime groups is 1. The van der Waals surface area contributed by atoms with Gasteiger partial charge in [-0.05, 0) is 68.9 Å². The molecule has 2 saturated carbocycles. The fourth-order valence-electron chi connectivity index (χ4n) is 8.44. The fourth-order valence-corrected chi connectivity index (χ4v) is 8.44. The standard InChI is InChI=1S/C31H42N4O5/c36-13-14-40-33-27(11-12-29(37)38)30-31(39)35(28-10-2-1-9-26(28)32-30)25-18-22-7-4-8-23(19-25)34(22)24-16-20-5-3-6-21(15-20)17-24/h1-2,9-10,20-25,36H,3-8,11-19H2,(H,37,38)/t20-,21?,22+,23?,24?,25?/m0/s1. The maximum atomic E-state index is 14.2. The van der Waals surface area contributed by atoms with E-state index in [1.165, 1.54) is 57.8 Å². The maximum Gasteiger partial charge on any atom is 0.303 e. The summed E-state index contributed by atoms with van der Waals surface area (Å²) in [6.07, 6.45) is 13.6. The summed E-state index contributed by atoms with van der Waals surface area (Å²) in [5.74, 6) is 0.798. The van der Waals surface area contributed by atoms with Crippen LogP contribution in [0.4, 0.5) is 0 Å². The van der Waals surface area contributed by atoms with Crippen LogP contribution in [0.3, 0.4) is 0 Å². The Balaban J connectivity index is 1.34. The highest BCUT2D eigenvalue weighted by molar-refractivity contribution is 6.00. The molecule has 9 nitrogen and oxygen atoms in total. The average molecular weight is 551 g/mol. The van der Waals surface area contributed by atoms with Crippen molar-refractivity contribution in [3.05, 3.63) is 40.3 Å². The minimum Gasteiger partial charge on any atom is -0.481 e. The highest BCUT2D eigenvalue weighted by atomic mass is 16.6. The molecule has 2 N–H and O–H groups in total. The van der Waals surface area contributed by atoms with Gasteiger partial charge in [-0.3, -0.25) is 14.5 Å². The molecule has 2 saturated heterocycles. The predicted octanol–water partition coefficient (Wildman–Crippen LogP) is 4.50. The third kappa shape index (κ3) is 5.55. The van der Waals surface area contributed by atoms with Crippen molar-refractivity contribution < 1.29 is 19.8 Å². The van der Waals surface area contributed by atoms with E-state index in [0.717, 1.165) is 30.2 Å². The van der Waals surface area contributed by atoms with Crippen LogP contribution in [0.15, 0.2) is 34.2 Å². The van der Waals surface area contributed by atoms with Crippen LogP contribution in [-0.2, 0) is 9.63 Å². The molecule has 0 radical (unpaired) electrons. The third-order valence-electron chi connectivity index (χ3n) is 9.90. The lowest BCUT2D eigenvalue weighted by Gasteiger charge is -2.55. The number of carboxylic acids is 1. The number of fused-ring (bicyclic) bond motifs is 5. The molecule has 3 heterocycles. The van der Waals surface area contributed by atoms with E-state index in [2.05, 4.69) is 15.0 Å². The second kappa shape index (κ2) is 12.0. The van der Waals surface area contributed by atoms with Crippen LogP contribution in [0.25, 0.3) is 11.0 Å². The topological polar surface area (TPSA) is 117 Å². The first-order chi connectivity index (χ1) is 19.5. The largest absolute Gasteiger partial charge is 0.481 e. The monoisotopic (exact) mass is 550 g/mol. The molecule has 1 aromatic heterocycles. The van der Waals surface area contributed by atoms with Crippen LogP contribution >= 0.6 is 0 Å². The van der Waals surface area contributed by atoms with E-state index in [9.17, 15) is 14.7 Å². The molecule has 4 fully saturated rings. The SMILES string of the molecule is O=C(O)CCC(=NOCCO)c1nc2ccccc2n(C2CC3CCC[C@H](C2)N3C2CC3CCC[C@@H](C3)C2)c1=O. The number of piperidine rings is 2. The second-order valence-corrected chi connectivity index (χ2v) is 12.4. The molecule has 4 unspecified atom stereocenters. The number of para-hydroxylation sites is 2. The zero-order chi connectivity index (χ0) is 27.6. The summed E-state index contributed by atoms with van der Waals surface area (Å²) in [7, 11) is 0. The minimum absolute atomic E-state index is 0.0229. The van der Waals surface area contributed by atoms with Crippen LogP contribution in [0, 0.1) is 11.8 Å². The molecule has 6 rings (SSSR count). The Kier molecular flexibility index (Phi) is 8.21. The summed E-state index contributed by atoms with van der Waals surface area (Å²) in [4.78, 5) is 38.3. The van der Waals surface area contributed by atoms with Gasteiger partial charge in [0.05, 0.1) is 24.1 Å². The molecule has 40 heavy (non-hydrogen) atoms. The summed E-state index contributed by atoms with van der Waals surface area (Å²) in [6, 6.07) is 9.41. The molecule has 2 aromatic rings. The van der Waals surface area contributed by atoms with Crippen molar-refractivity contribution in [1.29, 1.82) is 0 Å². The average Bonchev–Trinajstić information content (AvgIpc) is 2.94. The number of rotatable bonds is 9. The van der Waals surface area contributed by atoms with Crippen molar-refractivity contribution in [2.75, 3.05) is 13.2 Å². The van der Waals surface area contributed by atoms with Crippen LogP contribution in [0.1, 0.15) is 95.2 Å². The van der Waals surface area contributed by atoms with Gasteiger partial charge in [-0.2, -0.15) is 0 Å². The van der Waals surface area contributed by atoms with Crippen molar-refractivity contribution in [3.8, 4) is 0 Å². The van der Waals surface area contributed by atoms with Gasteiger partial charge in [0.25, 0.3) is 5.56 Å². The van der Waals surface area contributed by atoms with E-state index < -0.39 is 5.97 Å². The zero-order valence-electron chi connectivity index (χ0n) is 23.3. The van der Waals surface area contributed by atoms with Crippen molar-refractivity contribution >= 4 is 22.7 Å². The maximum absolute atomic E-state index is 14.2. The Morgan fingerprint density at radius 2 is 1.62 bits per heavy atom. The molecule has 0 spiro atoms.